The van der Waals surface area contributed by atoms with Gasteiger partial charge in [0.25, 0.3) is 0 Å². The molecule has 1 aliphatic heterocycles. The average Bonchev–Trinajstić information content (AvgIpc) is 2.77. The third-order valence-electron chi connectivity index (χ3n) is 6.51. The largest absolute Gasteiger partial charge is 0.496 e. The van der Waals surface area contributed by atoms with Crippen molar-refractivity contribution in [2.45, 2.75) is 46.2 Å². The van der Waals surface area contributed by atoms with Gasteiger partial charge in [0.2, 0.25) is 0 Å². The van der Waals surface area contributed by atoms with Crippen LogP contribution < -0.4 is 24.3 Å². The Morgan fingerprint density at radius 3 is 2.00 bits per heavy atom. The number of benzene rings is 3. The summed E-state index contributed by atoms with van der Waals surface area (Å²) in [7, 11) is 6.86. The van der Waals surface area contributed by atoms with Crippen LogP contribution in [0.5, 0.6) is 23.0 Å². The lowest BCUT2D eigenvalue weighted by Gasteiger charge is -2.33. The Balaban J connectivity index is 2.20. The second-order valence-corrected chi connectivity index (χ2v) is 8.70. The molecule has 5 nitrogen and oxygen atoms in total. The zero-order valence-corrected chi connectivity index (χ0v) is 20.3. The van der Waals surface area contributed by atoms with E-state index in [1.807, 2.05) is 6.07 Å². The van der Waals surface area contributed by atoms with E-state index in [0.29, 0.717) is 6.04 Å². The van der Waals surface area contributed by atoms with Crippen LogP contribution >= 0.6 is 0 Å². The molecule has 2 atom stereocenters. The Morgan fingerprint density at radius 2 is 1.38 bits per heavy atom. The summed E-state index contributed by atoms with van der Waals surface area (Å²) in [5.41, 5.74) is 7.01. The van der Waals surface area contributed by atoms with Crippen LogP contribution in [0.1, 0.15) is 42.1 Å². The van der Waals surface area contributed by atoms with Gasteiger partial charge in [-0.25, -0.2) is 0 Å². The molecule has 0 saturated heterocycles. The molecule has 0 bridgehead atoms. The molecule has 0 unspecified atom stereocenters. The molecule has 0 amide bonds. The van der Waals surface area contributed by atoms with Crippen LogP contribution in [0.25, 0.3) is 21.9 Å². The van der Waals surface area contributed by atoms with Crippen molar-refractivity contribution in [3.05, 3.63) is 46.5 Å². The normalized spacial score (nSPS) is 17.8. The first-order chi connectivity index (χ1) is 15.3. The minimum atomic E-state index is 0.175. The summed E-state index contributed by atoms with van der Waals surface area (Å²) in [6.45, 7) is 8.65. The fraction of sp³-hybridized carbons (Fsp3) is 0.407. The van der Waals surface area contributed by atoms with E-state index in [2.05, 4.69) is 51.2 Å². The predicted molar refractivity (Wildman–Crippen MR) is 130 cm³/mol. The Kier molecular flexibility index (Phi) is 5.95. The lowest BCUT2D eigenvalue weighted by Crippen LogP contribution is -2.36. The first kappa shape index (κ1) is 22.3. The van der Waals surface area contributed by atoms with E-state index in [9.17, 15) is 0 Å². The smallest absolute Gasteiger partial charge is 0.130 e. The van der Waals surface area contributed by atoms with Gasteiger partial charge >= 0.3 is 0 Å². The van der Waals surface area contributed by atoms with Gasteiger partial charge in [-0.05, 0) is 73.9 Å². The molecule has 170 valence electrons. The minimum absolute atomic E-state index is 0.175. The topological polar surface area (TPSA) is 49.0 Å². The third-order valence-corrected chi connectivity index (χ3v) is 6.51. The van der Waals surface area contributed by atoms with Crippen molar-refractivity contribution in [1.82, 2.24) is 5.32 Å². The first-order valence-corrected chi connectivity index (χ1v) is 11.0. The Labute approximate surface area is 190 Å². The standard InChI is InChI=1S/C27H33NO4/c1-14-9-18-24(15(2)11-21(30-6)26(18)20(10-14)29-5)27-19-12-16(3)28-17(4)25(19)22(31-7)13-23(27)32-8/h9-11,13,16-17,28H,12H2,1-8H3/t16-,17+/m0/s1. The molecule has 4 rings (SSSR count). The molecule has 0 fully saturated rings. The van der Waals surface area contributed by atoms with Gasteiger partial charge in [0.15, 0.2) is 0 Å². The molecule has 0 aromatic heterocycles. The van der Waals surface area contributed by atoms with Crippen LogP contribution in [0.3, 0.4) is 0 Å². The molecular weight excluding hydrogens is 402 g/mol. The third kappa shape index (κ3) is 3.45. The van der Waals surface area contributed by atoms with Crippen LogP contribution in [0, 0.1) is 13.8 Å². The van der Waals surface area contributed by atoms with E-state index >= 15 is 0 Å². The second kappa shape index (κ2) is 8.55. The lowest BCUT2D eigenvalue weighted by atomic mass is 9.81. The van der Waals surface area contributed by atoms with Gasteiger partial charge in [0.1, 0.15) is 23.0 Å². The van der Waals surface area contributed by atoms with Crippen molar-refractivity contribution in [1.29, 1.82) is 0 Å². The van der Waals surface area contributed by atoms with Gasteiger partial charge in [-0.1, -0.05) is 6.07 Å². The maximum Gasteiger partial charge on any atom is 0.130 e. The summed E-state index contributed by atoms with van der Waals surface area (Å²) in [6.07, 6.45) is 0.887. The lowest BCUT2D eigenvalue weighted by molar-refractivity contribution is 0.371. The van der Waals surface area contributed by atoms with E-state index in [0.717, 1.165) is 62.4 Å². The van der Waals surface area contributed by atoms with Crippen molar-refractivity contribution in [3.8, 4) is 34.1 Å². The summed E-state index contributed by atoms with van der Waals surface area (Å²) in [5, 5.41) is 5.74. The highest BCUT2D eigenvalue weighted by molar-refractivity contribution is 6.07. The number of rotatable bonds is 5. The number of hydrogen-bond donors (Lipinski definition) is 1. The molecule has 0 aliphatic carbocycles. The van der Waals surface area contributed by atoms with Gasteiger partial charge in [-0.15, -0.1) is 0 Å². The number of ether oxygens (including phenoxy) is 4. The molecule has 1 aliphatic rings. The van der Waals surface area contributed by atoms with Gasteiger partial charge in [0.05, 0.1) is 33.8 Å². The van der Waals surface area contributed by atoms with Gasteiger partial charge < -0.3 is 24.3 Å². The molecule has 1 N–H and O–H groups in total. The number of fused-ring (bicyclic) bond motifs is 2. The van der Waals surface area contributed by atoms with Crippen LogP contribution in [-0.4, -0.2) is 34.5 Å². The summed E-state index contributed by atoms with van der Waals surface area (Å²) in [6, 6.07) is 8.90. The van der Waals surface area contributed by atoms with E-state index in [4.69, 9.17) is 18.9 Å². The number of methoxy groups -OCH3 is 4. The first-order valence-electron chi connectivity index (χ1n) is 11.0. The van der Waals surface area contributed by atoms with Crippen LogP contribution in [0.4, 0.5) is 0 Å². The molecular formula is C27H33NO4. The molecule has 32 heavy (non-hydrogen) atoms. The van der Waals surface area contributed by atoms with Gasteiger partial charge in [-0.2, -0.15) is 0 Å². The zero-order chi connectivity index (χ0) is 23.2. The highest BCUT2D eigenvalue weighted by Gasteiger charge is 2.31. The molecule has 3 aromatic carbocycles. The summed E-state index contributed by atoms with van der Waals surface area (Å²) >= 11 is 0. The molecule has 0 radical (unpaired) electrons. The quantitative estimate of drug-likeness (QED) is 0.553. The maximum absolute atomic E-state index is 5.96. The van der Waals surface area contributed by atoms with Crippen LogP contribution in [0.2, 0.25) is 0 Å². The van der Waals surface area contributed by atoms with E-state index in [1.54, 1.807) is 28.4 Å². The molecule has 1 heterocycles. The number of hydrogen-bond acceptors (Lipinski definition) is 5. The van der Waals surface area contributed by atoms with Crippen molar-refractivity contribution >= 4 is 10.8 Å². The maximum atomic E-state index is 5.96. The zero-order valence-electron chi connectivity index (χ0n) is 20.3. The molecule has 0 spiro atoms. The fourth-order valence-electron chi connectivity index (χ4n) is 5.28. The Bertz CT molecular complexity index is 1170. The number of aryl methyl sites for hydroxylation is 2. The highest BCUT2D eigenvalue weighted by Crippen LogP contribution is 2.50. The van der Waals surface area contributed by atoms with Crippen molar-refractivity contribution in [2.75, 3.05) is 28.4 Å². The predicted octanol–water partition coefficient (Wildman–Crippen LogP) is 5.75. The fourth-order valence-corrected chi connectivity index (χ4v) is 5.28. The Hall–Kier alpha value is -2.92. The van der Waals surface area contributed by atoms with E-state index in [1.165, 1.54) is 11.1 Å². The van der Waals surface area contributed by atoms with Crippen molar-refractivity contribution in [3.63, 3.8) is 0 Å². The van der Waals surface area contributed by atoms with Crippen molar-refractivity contribution < 1.29 is 18.9 Å². The van der Waals surface area contributed by atoms with E-state index in [-0.39, 0.29) is 6.04 Å². The van der Waals surface area contributed by atoms with Crippen molar-refractivity contribution in [2.24, 2.45) is 0 Å². The molecule has 0 saturated carbocycles. The second-order valence-electron chi connectivity index (χ2n) is 8.70. The average molecular weight is 436 g/mol. The summed E-state index contributed by atoms with van der Waals surface area (Å²) in [4.78, 5) is 0. The van der Waals surface area contributed by atoms with Gasteiger partial charge in [0, 0.05) is 29.3 Å². The van der Waals surface area contributed by atoms with Crippen LogP contribution in [0.15, 0.2) is 24.3 Å². The van der Waals surface area contributed by atoms with E-state index < -0.39 is 0 Å². The molecule has 3 aromatic rings. The highest BCUT2D eigenvalue weighted by atomic mass is 16.5. The minimum Gasteiger partial charge on any atom is -0.496 e. The summed E-state index contributed by atoms with van der Waals surface area (Å²) < 4.78 is 23.3. The Morgan fingerprint density at radius 1 is 0.750 bits per heavy atom. The monoisotopic (exact) mass is 435 g/mol. The molecule has 5 heteroatoms. The van der Waals surface area contributed by atoms with Gasteiger partial charge in [-0.3, -0.25) is 0 Å². The SMILES string of the molecule is COc1cc(OC)c2c(c1-c1c(C)cc(OC)c3c(OC)cc(C)cc13)C[C@H](C)N[C@@H]2C. The van der Waals surface area contributed by atoms with Crippen LogP contribution in [-0.2, 0) is 6.42 Å². The summed E-state index contributed by atoms with van der Waals surface area (Å²) in [5.74, 6) is 3.29. The number of nitrogens with one attached hydrogen (secondary N) is 1.